The lowest BCUT2D eigenvalue weighted by Gasteiger charge is -2.25. The first-order valence-electron chi connectivity index (χ1n) is 7.12. The summed E-state index contributed by atoms with van der Waals surface area (Å²) in [5.41, 5.74) is 0.507. The lowest BCUT2D eigenvalue weighted by Crippen LogP contribution is -2.33. The van der Waals surface area contributed by atoms with E-state index in [2.05, 4.69) is 4.90 Å². The molecule has 0 radical (unpaired) electrons. The molecule has 0 aliphatic carbocycles. The lowest BCUT2D eigenvalue weighted by molar-refractivity contribution is 0.0451. The van der Waals surface area contributed by atoms with Crippen molar-refractivity contribution in [1.29, 1.82) is 0 Å². The maximum atomic E-state index is 11.9. The van der Waals surface area contributed by atoms with Crippen molar-refractivity contribution >= 4 is 18.4 Å². The van der Waals surface area contributed by atoms with Crippen molar-refractivity contribution in [2.75, 3.05) is 33.0 Å². The van der Waals surface area contributed by atoms with Crippen LogP contribution >= 0.6 is 12.4 Å². The van der Waals surface area contributed by atoms with Crippen LogP contribution in [0.5, 0.6) is 11.5 Å². The number of carbonyl (C=O) groups excluding carboxylic acids is 1. The third-order valence-electron chi connectivity index (χ3n) is 3.70. The molecule has 0 saturated carbocycles. The first kappa shape index (κ1) is 15.9. The molecule has 116 valence electrons. The molecule has 5 nitrogen and oxygen atoms in total. The number of hydrogen-bond acceptors (Lipinski definition) is 5. The third kappa shape index (κ3) is 4.02. The van der Waals surface area contributed by atoms with Crippen LogP contribution in [0, 0.1) is 0 Å². The number of carbonyl (C=O) groups is 1. The van der Waals surface area contributed by atoms with E-state index < -0.39 is 0 Å². The van der Waals surface area contributed by atoms with Gasteiger partial charge in [0.15, 0.2) is 11.5 Å². The van der Waals surface area contributed by atoms with Crippen LogP contribution in [0.4, 0.5) is 0 Å². The first-order chi connectivity index (χ1) is 9.83. The molecule has 1 saturated heterocycles. The summed E-state index contributed by atoms with van der Waals surface area (Å²) in [6.07, 6.45) is 3.81. The monoisotopic (exact) mass is 313 g/mol. The number of rotatable bonds is 4. The topological polar surface area (TPSA) is 48.0 Å². The Morgan fingerprint density at radius 1 is 1.14 bits per heavy atom. The summed E-state index contributed by atoms with van der Waals surface area (Å²) >= 11 is 0. The maximum absolute atomic E-state index is 11.9. The van der Waals surface area contributed by atoms with Crippen LogP contribution in [0.3, 0.4) is 0 Å². The fourth-order valence-corrected chi connectivity index (χ4v) is 2.56. The van der Waals surface area contributed by atoms with Gasteiger partial charge in [0.1, 0.15) is 6.61 Å². The van der Waals surface area contributed by atoms with E-state index >= 15 is 0 Å². The fraction of sp³-hybridized carbons (Fsp3) is 0.533. The van der Waals surface area contributed by atoms with E-state index in [0.717, 1.165) is 19.6 Å². The number of piperidine rings is 1. The summed E-state index contributed by atoms with van der Waals surface area (Å²) in [7, 11) is 0. The van der Waals surface area contributed by atoms with Gasteiger partial charge in [0.25, 0.3) is 0 Å². The molecular weight excluding hydrogens is 294 g/mol. The zero-order valence-electron chi connectivity index (χ0n) is 11.9. The Balaban J connectivity index is 0.00000161. The number of fused-ring (bicyclic) bond motifs is 1. The molecule has 0 N–H and O–H groups in total. The fourth-order valence-electron chi connectivity index (χ4n) is 2.56. The number of hydrogen-bond donors (Lipinski definition) is 0. The average molecular weight is 314 g/mol. The van der Waals surface area contributed by atoms with E-state index in [-0.39, 0.29) is 25.2 Å². The zero-order chi connectivity index (χ0) is 13.8. The summed E-state index contributed by atoms with van der Waals surface area (Å²) in [4.78, 5) is 14.3. The SMILES string of the molecule is Cl.O=C(OCCN1CCCCC1)c1ccc2c(c1)OCO2. The largest absolute Gasteiger partial charge is 0.461 e. The van der Waals surface area contributed by atoms with Crippen molar-refractivity contribution in [3.8, 4) is 11.5 Å². The average Bonchev–Trinajstić information content (AvgIpc) is 2.95. The second kappa shape index (κ2) is 7.52. The van der Waals surface area contributed by atoms with Crippen LogP contribution in [0.1, 0.15) is 29.6 Å². The minimum Gasteiger partial charge on any atom is -0.461 e. The van der Waals surface area contributed by atoms with Gasteiger partial charge in [-0.25, -0.2) is 4.79 Å². The van der Waals surface area contributed by atoms with Gasteiger partial charge >= 0.3 is 5.97 Å². The molecule has 0 atom stereocenters. The van der Waals surface area contributed by atoms with E-state index in [1.807, 2.05) is 0 Å². The number of nitrogens with zero attached hydrogens (tertiary/aromatic N) is 1. The molecule has 6 heteroatoms. The smallest absolute Gasteiger partial charge is 0.338 e. The summed E-state index contributed by atoms with van der Waals surface area (Å²) < 4.78 is 15.8. The van der Waals surface area contributed by atoms with Gasteiger partial charge in [-0.05, 0) is 44.1 Å². The lowest BCUT2D eigenvalue weighted by atomic mass is 10.1. The van der Waals surface area contributed by atoms with Crippen molar-refractivity contribution in [1.82, 2.24) is 4.90 Å². The molecule has 2 aliphatic rings. The van der Waals surface area contributed by atoms with Gasteiger partial charge in [-0.15, -0.1) is 12.4 Å². The molecule has 0 spiro atoms. The van der Waals surface area contributed by atoms with Crippen molar-refractivity contribution in [3.63, 3.8) is 0 Å². The van der Waals surface area contributed by atoms with E-state index in [4.69, 9.17) is 14.2 Å². The van der Waals surface area contributed by atoms with Gasteiger partial charge in [0.2, 0.25) is 6.79 Å². The van der Waals surface area contributed by atoms with Gasteiger partial charge in [0, 0.05) is 6.54 Å². The molecule has 3 rings (SSSR count). The van der Waals surface area contributed by atoms with E-state index in [1.54, 1.807) is 18.2 Å². The molecular formula is C15H20ClNO4. The Labute approximate surface area is 130 Å². The Kier molecular flexibility index (Phi) is 5.70. The number of esters is 1. The van der Waals surface area contributed by atoms with Crippen LogP contribution in [0.2, 0.25) is 0 Å². The number of benzene rings is 1. The number of ether oxygens (including phenoxy) is 3. The Morgan fingerprint density at radius 3 is 2.71 bits per heavy atom. The molecule has 0 amide bonds. The number of likely N-dealkylation sites (tertiary alicyclic amines) is 1. The van der Waals surface area contributed by atoms with Crippen molar-refractivity contribution in [2.24, 2.45) is 0 Å². The molecule has 1 aromatic rings. The highest BCUT2D eigenvalue weighted by atomic mass is 35.5. The third-order valence-corrected chi connectivity index (χ3v) is 3.70. The Hall–Kier alpha value is -1.46. The van der Waals surface area contributed by atoms with Crippen molar-refractivity contribution in [3.05, 3.63) is 23.8 Å². The Morgan fingerprint density at radius 2 is 1.90 bits per heavy atom. The molecule has 0 unspecified atom stereocenters. The quantitative estimate of drug-likeness (QED) is 0.799. The molecule has 21 heavy (non-hydrogen) atoms. The second-order valence-corrected chi connectivity index (χ2v) is 5.11. The Bertz CT molecular complexity index is 489. The number of halogens is 1. The maximum Gasteiger partial charge on any atom is 0.338 e. The zero-order valence-corrected chi connectivity index (χ0v) is 12.7. The van der Waals surface area contributed by atoms with Gasteiger partial charge in [-0.1, -0.05) is 6.42 Å². The predicted octanol–water partition coefficient (Wildman–Crippen LogP) is 2.48. The van der Waals surface area contributed by atoms with Crippen LogP contribution in [-0.4, -0.2) is 43.9 Å². The minimum atomic E-state index is -0.305. The van der Waals surface area contributed by atoms with E-state index in [9.17, 15) is 4.79 Å². The van der Waals surface area contributed by atoms with Gasteiger partial charge in [-0.2, -0.15) is 0 Å². The van der Waals surface area contributed by atoms with Gasteiger partial charge in [0.05, 0.1) is 5.56 Å². The first-order valence-corrected chi connectivity index (χ1v) is 7.12. The molecule has 2 heterocycles. The van der Waals surface area contributed by atoms with Crippen LogP contribution in [-0.2, 0) is 4.74 Å². The van der Waals surface area contributed by atoms with E-state index in [0.29, 0.717) is 23.7 Å². The van der Waals surface area contributed by atoms with Crippen molar-refractivity contribution < 1.29 is 19.0 Å². The van der Waals surface area contributed by atoms with Crippen LogP contribution in [0.25, 0.3) is 0 Å². The minimum absolute atomic E-state index is 0. The van der Waals surface area contributed by atoms with E-state index in [1.165, 1.54) is 19.3 Å². The van der Waals surface area contributed by atoms with Gasteiger partial charge < -0.3 is 14.2 Å². The van der Waals surface area contributed by atoms with Crippen molar-refractivity contribution in [2.45, 2.75) is 19.3 Å². The molecule has 0 bridgehead atoms. The summed E-state index contributed by atoms with van der Waals surface area (Å²) in [5, 5.41) is 0. The molecule has 1 fully saturated rings. The van der Waals surface area contributed by atoms with Crippen LogP contribution < -0.4 is 9.47 Å². The highest BCUT2D eigenvalue weighted by Crippen LogP contribution is 2.32. The van der Waals surface area contributed by atoms with Gasteiger partial charge in [-0.3, -0.25) is 4.90 Å². The standard InChI is InChI=1S/C15H19NO4.ClH/c17-15(18-9-8-16-6-2-1-3-7-16)12-4-5-13-14(10-12)20-11-19-13;/h4-5,10H,1-3,6-9,11H2;1H. The molecule has 0 aromatic heterocycles. The summed E-state index contributed by atoms with van der Waals surface area (Å²) in [5.74, 6) is 0.977. The highest BCUT2D eigenvalue weighted by molar-refractivity contribution is 5.90. The normalized spacial score (nSPS) is 17.1. The summed E-state index contributed by atoms with van der Waals surface area (Å²) in [6.45, 7) is 3.69. The highest BCUT2D eigenvalue weighted by Gasteiger charge is 2.17. The second-order valence-electron chi connectivity index (χ2n) is 5.11. The molecule has 2 aliphatic heterocycles. The van der Waals surface area contributed by atoms with Crippen LogP contribution in [0.15, 0.2) is 18.2 Å². The predicted molar refractivity (Wildman–Crippen MR) is 80.4 cm³/mol. The summed E-state index contributed by atoms with van der Waals surface area (Å²) in [6, 6.07) is 5.12. The molecule has 1 aromatic carbocycles.